The van der Waals surface area contributed by atoms with Gasteiger partial charge in [-0.15, -0.1) is 0 Å². The van der Waals surface area contributed by atoms with E-state index in [9.17, 15) is 9.59 Å². The molecule has 0 unspecified atom stereocenters. The molecular weight excluding hydrogens is 302 g/mol. The summed E-state index contributed by atoms with van der Waals surface area (Å²) in [5.41, 5.74) is 1.78. The number of carboxylic acids is 1. The Balaban J connectivity index is 1.81. The topological polar surface area (TPSA) is 66.4 Å². The van der Waals surface area contributed by atoms with Gasteiger partial charge in [-0.1, -0.05) is 29.8 Å². The van der Waals surface area contributed by atoms with Crippen molar-refractivity contribution in [1.29, 1.82) is 0 Å². The van der Waals surface area contributed by atoms with E-state index in [0.29, 0.717) is 23.6 Å². The Morgan fingerprint density at radius 3 is 2.50 bits per heavy atom. The average Bonchev–Trinajstić information content (AvgIpc) is 2.49. The van der Waals surface area contributed by atoms with Crippen molar-refractivity contribution in [2.24, 2.45) is 0 Å². The van der Waals surface area contributed by atoms with Crippen LogP contribution in [0.1, 0.15) is 28.8 Å². The van der Waals surface area contributed by atoms with Gasteiger partial charge in [-0.2, -0.15) is 0 Å². The maximum atomic E-state index is 11.9. The van der Waals surface area contributed by atoms with Crippen molar-refractivity contribution in [3.05, 3.63) is 64.7 Å². The first-order valence-corrected chi connectivity index (χ1v) is 7.30. The fourth-order valence-electron chi connectivity index (χ4n) is 2.06. The van der Waals surface area contributed by atoms with E-state index in [4.69, 9.17) is 16.7 Å². The number of aromatic carboxylic acids is 1. The highest BCUT2D eigenvalue weighted by Crippen LogP contribution is 2.13. The van der Waals surface area contributed by atoms with Gasteiger partial charge in [0.2, 0.25) is 5.91 Å². The van der Waals surface area contributed by atoms with Crippen molar-refractivity contribution in [3.8, 4) is 0 Å². The molecular formula is C17H16ClNO3. The van der Waals surface area contributed by atoms with Crippen molar-refractivity contribution >= 4 is 29.2 Å². The third-order valence-corrected chi connectivity index (χ3v) is 3.43. The summed E-state index contributed by atoms with van der Waals surface area (Å²) >= 11 is 5.82. The Kier molecular flexibility index (Phi) is 5.55. The third kappa shape index (κ3) is 4.90. The molecule has 0 bridgehead atoms. The van der Waals surface area contributed by atoms with Crippen LogP contribution in [0, 0.1) is 0 Å². The molecule has 4 nitrogen and oxygen atoms in total. The summed E-state index contributed by atoms with van der Waals surface area (Å²) in [6.45, 7) is 0. The molecule has 5 heteroatoms. The minimum atomic E-state index is -1.01. The molecule has 114 valence electrons. The summed E-state index contributed by atoms with van der Waals surface area (Å²) in [6.07, 6.45) is 1.88. The van der Waals surface area contributed by atoms with Crippen molar-refractivity contribution < 1.29 is 14.7 Å². The molecule has 0 fully saturated rings. The lowest BCUT2D eigenvalue weighted by Gasteiger charge is -2.06. The van der Waals surface area contributed by atoms with Gasteiger partial charge < -0.3 is 10.4 Å². The zero-order valence-corrected chi connectivity index (χ0v) is 12.6. The average molecular weight is 318 g/mol. The molecule has 0 heterocycles. The summed E-state index contributed by atoms with van der Waals surface area (Å²) in [6, 6.07) is 13.7. The molecule has 0 atom stereocenters. The Hall–Kier alpha value is -2.33. The molecule has 0 radical (unpaired) electrons. The van der Waals surface area contributed by atoms with Crippen LogP contribution in [0.25, 0.3) is 0 Å². The fraction of sp³-hybridized carbons (Fsp3) is 0.176. The lowest BCUT2D eigenvalue weighted by atomic mass is 10.1. The first-order valence-electron chi connectivity index (χ1n) is 6.92. The summed E-state index contributed by atoms with van der Waals surface area (Å²) < 4.78 is 0. The van der Waals surface area contributed by atoms with E-state index in [-0.39, 0.29) is 11.5 Å². The zero-order valence-electron chi connectivity index (χ0n) is 11.9. The number of anilines is 1. The van der Waals surface area contributed by atoms with Gasteiger partial charge in [-0.3, -0.25) is 4.79 Å². The van der Waals surface area contributed by atoms with Gasteiger partial charge in [0.1, 0.15) is 0 Å². The lowest BCUT2D eigenvalue weighted by molar-refractivity contribution is -0.116. The van der Waals surface area contributed by atoms with Crippen LogP contribution in [0.5, 0.6) is 0 Å². The van der Waals surface area contributed by atoms with Crippen LogP contribution in [0.4, 0.5) is 5.69 Å². The molecule has 0 aliphatic heterocycles. The Bertz CT molecular complexity index is 668. The number of carbonyl (C=O) groups is 2. The smallest absolute Gasteiger partial charge is 0.335 e. The lowest BCUT2D eigenvalue weighted by Crippen LogP contribution is -2.12. The molecule has 0 aliphatic carbocycles. The molecule has 0 aliphatic rings. The van der Waals surface area contributed by atoms with Crippen LogP contribution in [0.3, 0.4) is 0 Å². The number of benzene rings is 2. The quantitative estimate of drug-likeness (QED) is 0.846. The molecule has 0 aromatic heterocycles. The van der Waals surface area contributed by atoms with Crippen LogP contribution in [0.15, 0.2) is 48.5 Å². The Labute approximate surface area is 133 Å². The van der Waals surface area contributed by atoms with E-state index in [1.165, 1.54) is 12.1 Å². The first kappa shape index (κ1) is 16.0. The third-order valence-electron chi connectivity index (χ3n) is 3.18. The first-order chi connectivity index (χ1) is 10.5. The number of aryl methyl sites for hydroxylation is 1. The van der Waals surface area contributed by atoms with E-state index in [1.54, 1.807) is 12.1 Å². The SMILES string of the molecule is O=C(CCCc1ccc(Cl)cc1)Nc1cccc(C(=O)O)c1. The Morgan fingerprint density at radius 2 is 1.82 bits per heavy atom. The van der Waals surface area contributed by atoms with E-state index in [1.807, 2.05) is 24.3 Å². The van der Waals surface area contributed by atoms with Gasteiger partial charge in [-0.05, 0) is 48.7 Å². The van der Waals surface area contributed by atoms with Crippen molar-refractivity contribution in [3.63, 3.8) is 0 Å². The second-order valence-corrected chi connectivity index (χ2v) is 5.35. The van der Waals surface area contributed by atoms with Crippen molar-refractivity contribution in [2.75, 3.05) is 5.32 Å². The summed E-state index contributed by atoms with van der Waals surface area (Å²) in [7, 11) is 0. The van der Waals surface area contributed by atoms with Crippen molar-refractivity contribution in [1.82, 2.24) is 0 Å². The maximum Gasteiger partial charge on any atom is 0.335 e. The van der Waals surface area contributed by atoms with Crippen molar-refractivity contribution in [2.45, 2.75) is 19.3 Å². The van der Waals surface area contributed by atoms with Crippen LogP contribution < -0.4 is 5.32 Å². The number of hydrogen-bond donors (Lipinski definition) is 2. The molecule has 0 saturated heterocycles. The van der Waals surface area contributed by atoms with Gasteiger partial charge in [-0.25, -0.2) is 4.79 Å². The van der Waals surface area contributed by atoms with E-state index in [2.05, 4.69) is 5.32 Å². The number of nitrogens with one attached hydrogen (secondary N) is 1. The second kappa shape index (κ2) is 7.61. The van der Waals surface area contributed by atoms with Gasteiger partial charge in [0.15, 0.2) is 0 Å². The fourth-order valence-corrected chi connectivity index (χ4v) is 2.18. The Morgan fingerprint density at radius 1 is 1.09 bits per heavy atom. The van der Waals surface area contributed by atoms with Gasteiger partial charge in [0, 0.05) is 17.1 Å². The van der Waals surface area contributed by atoms with Crippen LogP contribution in [-0.4, -0.2) is 17.0 Å². The molecule has 22 heavy (non-hydrogen) atoms. The van der Waals surface area contributed by atoms with E-state index >= 15 is 0 Å². The predicted octanol–water partition coefficient (Wildman–Crippen LogP) is 4.00. The number of rotatable bonds is 6. The van der Waals surface area contributed by atoms with Gasteiger partial charge in [0.05, 0.1) is 5.56 Å². The number of amides is 1. The summed E-state index contributed by atoms with van der Waals surface area (Å²) in [4.78, 5) is 22.7. The molecule has 2 aromatic rings. The predicted molar refractivity (Wildman–Crippen MR) is 86.4 cm³/mol. The largest absolute Gasteiger partial charge is 0.478 e. The number of halogens is 1. The maximum absolute atomic E-state index is 11.9. The second-order valence-electron chi connectivity index (χ2n) is 4.91. The minimum Gasteiger partial charge on any atom is -0.478 e. The van der Waals surface area contributed by atoms with Crippen LogP contribution in [0.2, 0.25) is 5.02 Å². The molecule has 2 rings (SSSR count). The summed E-state index contributed by atoms with van der Waals surface area (Å²) in [5, 5.41) is 12.3. The molecule has 1 amide bonds. The molecule has 0 saturated carbocycles. The molecule has 2 aromatic carbocycles. The monoisotopic (exact) mass is 317 g/mol. The van der Waals surface area contributed by atoms with Crippen LogP contribution >= 0.6 is 11.6 Å². The zero-order chi connectivity index (χ0) is 15.9. The van der Waals surface area contributed by atoms with E-state index in [0.717, 1.165) is 12.0 Å². The summed E-state index contributed by atoms with van der Waals surface area (Å²) in [5.74, 6) is -1.14. The highest BCUT2D eigenvalue weighted by atomic mass is 35.5. The minimum absolute atomic E-state index is 0.128. The molecule has 0 spiro atoms. The number of carbonyl (C=O) groups excluding carboxylic acids is 1. The highest BCUT2D eigenvalue weighted by Gasteiger charge is 2.06. The van der Waals surface area contributed by atoms with Crippen LogP contribution in [-0.2, 0) is 11.2 Å². The number of hydrogen-bond acceptors (Lipinski definition) is 2. The highest BCUT2D eigenvalue weighted by molar-refractivity contribution is 6.30. The molecule has 2 N–H and O–H groups in total. The standard InChI is InChI=1S/C17H16ClNO3/c18-14-9-7-12(8-10-14)3-1-6-16(20)19-15-5-2-4-13(11-15)17(21)22/h2,4-5,7-11H,1,3,6H2,(H,19,20)(H,21,22). The normalized spacial score (nSPS) is 10.2. The van der Waals surface area contributed by atoms with Gasteiger partial charge in [0.25, 0.3) is 0 Å². The van der Waals surface area contributed by atoms with E-state index < -0.39 is 5.97 Å². The van der Waals surface area contributed by atoms with Gasteiger partial charge >= 0.3 is 5.97 Å². The number of carboxylic acid groups (broad SMARTS) is 1.